The van der Waals surface area contributed by atoms with E-state index in [-0.39, 0.29) is 23.7 Å². The number of carbonyl (C=O) groups excluding carboxylic acids is 1. The summed E-state index contributed by atoms with van der Waals surface area (Å²) >= 11 is 0. The number of aliphatic hydroxyl groups is 1. The van der Waals surface area contributed by atoms with Gasteiger partial charge in [-0.3, -0.25) is 4.90 Å². The number of carbonyl (C=O) groups is 1. The lowest BCUT2D eigenvalue weighted by Gasteiger charge is -2.44. The molecule has 1 rings (SSSR count). The van der Waals surface area contributed by atoms with E-state index in [0.717, 1.165) is 32.2 Å². The van der Waals surface area contributed by atoms with Crippen molar-refractivity contribution in [2.24, 2.45) is 5.41 Å². The molecule has 0 aliphatic carbocycles. The summed E-state index contributed by atoms with van der Waals surface area (Å²) in [7, 11) is 0. The number of aliphatic hydroxyl groups excluding tert-OH is 1. The Balaban J connectivity index is 2.67. The molecule has 2 atom stereocenters. The Morgan fingerprint density at radius 2 is 2.22 bits per heavy atom. The number of rotatable bonds is 6. The van der Waals surface area contributed by atoms with Crippen LogP contribution in [0.3, 0.4) is 0 Å². The minimum absolute atomic E-state index is 0.0332. The van der Waals surface area contributed by atoms with Gasteiger partial charge in [0.25, 0.3) is 0 Å². The van der Waals surface area contributed by atoms with Gasteiger partial charge in [0.1, 0.15) is 6.29 Å². The average molecular weight is 257 g/mol. The molecule has 0 bridgehead atoms. The molecular formula is C14H27NO3. The van der Waals surface area contributed by atoms with Gasteiger partial charge in [0.2, 0.25) is 0 Å². The van der Waals surface area contributed by atoms with E-state index >= 15 is 0 Å². The number of hydrogen-bond donors (Lipinski definition) is 1. The van der Waals surface area contributed by atoms with Gasteiger partial charge >= 0.3 is 0 Å². The van der Waals surface area contributed by atoms with Gasteiger partial charge in [-0.25, -0.2) is 0 Å². The monoisotopic (exact) mass is 257 g/mol. The van der Waals surface area contributed by atoms with Gasteiger partial charge in [-0.05, 0) is 20.3 Å². The van der Waals surface area contributed by atoms with Crippen molar-refractivity contribution in [3.05, 3.63) is 0 Å². The summed E-state index contributed by atoms with van der Waals surface area (Å²) in [5.41, 5.74) is -0.552. The van der Waals surface area contributed by atoms with Crippen LogP contribution < -0.4 is 0 Å². The minimum Gasteiger partial charge on any atom is -0.394 e. The molecule has 0 aromatic heterocycles. The number of ether oxygens (including phenoxy) is 1. The van der Waals surface area contributed by atoms with Crippen molar-refractivity contribution in [3.8, 4) is 0 Å². The summed E-state index contributed by atoms with van der Waals surface area (Å²) < 4.78 is 5.78. The summed E-state index contributed by atoms with van der Waals surface area (Å²) in [6.07, 6.45) is 2.84. The molecule has 1 fully saturated rings. The fourth-order valence-corrected chi connectivity index (χ4v) is 2.89. The third-order valence-electron chi connectivity index (χ3n) is 3.45. The van der Waals surface area contributed by atoms with E-state index in [9.17, 15) is 9.90 Å². The maximum Gasteiger partial charge on any atom is 0.127 e. The molecule has 4 heteroatoms. The van der Waals surface area contributed by atoms with E-state index in [2.05, 4.69) is 11.8 Å². The largest absolute Gasteiger partial charge is 0.394 e. The first-order valence-electron chi connectivity index (χ1n) is 6.81. The highest BCUT2D eigenvalue weighted by molar-refractivity contribution is 5.59. The van der Waals surface area contributed by atoms with E-state index < -0.39 is 0 Å². The van der Waals surface area contributed by atoms with Gasteiger partial charge in [-0.15, -0.1) is 0 Å². The summed E-state index contributed by atoms with van der Waals surface area (Å²) in [4.78, 5) is 13.5. The van der Waals surface area contributed by atoms with Crippen molar-refractivity contribution in [3.63, 3.8) is 0 Å². The molecule has 4 nitrogen and oxygen atoms in total. The smallest absolute Gasteiger partial charge is 0.127 e. The first-order valence-corrected chi connectivity index (χ1v) is 6.81. The molecule has 106 valence electrons. The van der Waals surface area contributed by atoms with Crippen LogP contribution in [0.4, 0.5) is 0 Å². The van der Waals surface area contributed by atoms with Crippen molar-refractivity contribution in [1.29, 1.82) is 0 Å². The molecule has 18 heavy (non-hydrogen) atoms. The second-order valence-corrected chi connectivity index (χ2v) is 6.37. The van der Waals surface area contributed by atoms with E-state index in [1.807, 2.05) is 20.8 Å². The molecule has 0 aromatic carbocycles. The topological polar surface area (TPSA) is 49.8 Å². The molecule has 1 saturated heterocycles. The molecule has 1 N–H and O–H groups in total. The Labute approximate surface area is 110 Å². The molecule has 0 spiro atoms. The lowest BCUT2D eigenvalue weighted by atomic mass is 9.86. The molecule has 0 saturated carbocycles. The Hall–Kier alpha value is -0.450. The molecule has 2 unspecified atom stereocenters. The summed E-state index contributed by atoms with van der Waals surface area (Å²) in [6.45, 7) is 10.4. The number of nitrogens with zero attached hydrogens (tertiary/aromatic N) is 1. The molecular weight excluding hydrogens is 230 g/mol. The minimum atomic E-state index is -0.290. The van der Waals surface area contributed by atoms with Crippen molar-refractivity contribution < 1.29 is 14.6 Å². The lowest BCUT2D eigenvalue weighted by Crippen LogP contribution is -2.56. The van der Waals surface area contributed by atoms with Gasteiger partial charge in [0.05, 0.1) is 18.3 Å². The van der Waals surface area contributed by atoms with E-state index in [1.54, 1.807) is 0 Å². The van der Waals surface area contributed by atoms with Crippen LogP contribution in [0, 0.1) is 5.41 Å². The molecule has 0 radical (unpaired) electrons. The Kier molecular flexibility index (Phi) is 5.32. The fourth-order valence-electron chi connectivity index (χ4n) is 2.89. The maximum absolute atomic E-state index is 11.3. The second-order valence-electron chi connectivity index (χ2n) is 6.37. The first kappa shape index (κ1) is 15.6. The lowest BCUT2D eigenvalue weighted by molar-refractivity contribution is -0.155. The Bertz CT molecular complexity index is 280. The number of aldehydes is 1. The highest BCUT2D eigenvalue weighted by atomic mass is 16.5. The van der Waals surface area contributed by atoms with Crippen LogP contribution in [0.5, 0.6) is 0 Å². The van der Waals surface area contributed by atoms with Gasteiger partial charge in [0.15, 0.2) is 0 Å². The van der Waals surface area contributed by atoms with Crippen LogP contribution in [0.2, 0.25) is 0 Å². The van der Waals surface area contributed by atoms with E-state index in [4.69, 9.17) is 4.74 Å². The zero-order valence-corrected chi connectivity index (χ0v) is 12.1. The van der Waals surface area contributed by atoms with Crippen molar-refractivity contribution >= 4 is 6.29 Å². The maximum atomic E-state index is 11.3. The Morgan fingerprint density at radius 1 is 1.56 bits per heavy atom. The number of hydrogen-bond acceptors (Lipinski definition) is 4. The van der Waals surface area contributed by atoms with Crippen LogP contribution >= 0.6 is 0 Å². The van der Waals surface area contributed by atoms with E-state index in [1.165, 1.54) is 0 Å². The molecule has 1 heterocycles. The highest BCUT2D eigenvalue weighted by Crippen LogP contribution is 2.27. The van der Waals surface area contributed by atoms with Crippen LogP contribution in [-0.2, 0) is 9.53 Å². The average Bonchev–Trinajstić information content (AvgIpc) is 2.27. The SMILES string of the molecule is CCCC(C)(C=O)CN1CC(CO)OC(C)(C)C1. The van der Waals surface area contributed by atoms with Gasteiger partial charge < -0.3 is 14.6 Å². The van der Waals surface area contributed by atoms with Crippen LogP contribution in [0.1, 0.15) is 40.5 Å². The zero-order valence-electron chi connectivity index (χ0n) is 12.1. The fraction of sp³-hybridized carbons (Fsp3) is 0.929. The van der Waals surface area contributed by atoms with Crippen molar-refractivity contribution in [2.45, 2.75) is 52.2 Å². The standard InChI is InChI=1S/C14H27NO3/c1-5-6-14(4,11-17)10-15-7-12(8-16)18-13(2,3)9-15/h11-12,16H,5-10H2,1-4H3. The first-order chi connectivity index (χ1) is 8.34. The Morgan fingerprint density at radius 3 is 2.72 bits per heavy atom. The van der Waals surface area contributed by atoms with Crippen molar-refractivity contribution in [2.75, 3.05) is 26.2 Å². The second kappa shape index (κ2) is 6.13. The molecule has 0 aromatic rings. The molecule has 1 aliphatic heterocycles. The van der Waals surface area contributed by atoms with Gasteiger partial charge in [-0.2, -0.15) is 0 Å². The normalized spacial score (nSPS) is 27.7. The van der Waals surface area contributed by atoms with Crippen molar-refractivity contribution in [1.82, 2.24) is 4.90 Å². The van der Waals surface area contributed by atoms with Crippen LogP contribution in [0.25, 0.3) is 0 Å². The predicted octanol–water partition coefficient (Wildman–Crippen LogP) is 1.46. The zero-order chi connectivity index (χ0) is 13.8. The third kappa shape index (κ3) is 4.34. The van der Waals surface area contributed by atoms with Gasteiger partial charge in [-0.1, -0.05) is 20.3 Å². The molecule has 1 aliphatic rings. The quantitative estimate of drug-likeness (QED) is 0.732. The van der Waals surface area contributed by atoms with Gasteiger partial charge in [0, 0.05) is 25.0 Å². The van der Waals surface area contributed by atoms with Crippen LogP contribution in [0.15, 0.2) is 0 Å². The van der Waals surface area contributed by atoms with Crippen LogP contribution in [-0.4, -0.2) is 54.2 Å². The third-order valence-corrected chi connectivity index (χ3v) is 3.45. The predicted molar refractivity (Wildman–Crippen MR) is 71.6 cm³/mol. The summed E-state index contributed by atoms with van der Waals surface area (Å²) in [5, 5.41) is 9.28. The highest BCUT2D eigenvalue weighted by Gasteiger charge is 2.36. The molecule has 0 amide bonds. The van der Waals surface area contributed by atoms with E-state index in [0.29, 0.717) is 6.54 Å². The number of morpholine rings is 1. The summed E-state index contributed by atoms with van der Waals surface area (Å²) in [6, 6.07) is 0. The summed E-state index contributed by atoms with van der Waals surface area (Å²) in [5.74, 6) is 0.